The Balaban J connectivity index is -0.000000459. The molecular weight excluding hydrogens is 772 g/mol. The summed E-state index contributed by atoms with van der Waals surface area (Å²) in [7, 11) is 6.88. The summed E-state index contributed by atoms with van der Waals surface area (Å²) in [6, 6.07) is 0. The minimum absolute atomic E-state index is 0. The molecule has 0 aromatic heterocycles. The summed E-state index contributed by atoms with van der Waals surface area (Å²) < 4.78 is 13.1. The lowest BCUT2D eigenvalue weighted by Gasteiger charge is -2.24. The van der Waals surface area contributed by atoms with Gasteiger partial charge in [-0.2, -0.15) is 0 Å². The van der Waals surface area contributed by atoms with E-state index in [0.29, 0.717) is 0 Å². The molecule has 0 spiro atoms. The quantitative estimate of drug-likeness (QED) is 0.0383. The second kappa shape index (κ2) is 48.0. The van der Waals surface area contributed by atoms with Crippen LogP contribution >= 0.6 is 0 Å². The predicted molar refractivity (Wildman–Crippen MR) is 225 cm³/mol. The van der Waals surface area contributed by atoms with Crippen molar-refractivity contribution in [3.05, 3.63) is 0 Å². The molecule has 3 N–H and O–H groups in total. The topological polar surface area (TPSA) is 46.1 Å². The third-order valence-electron chi connectivity index (χ3n) is 10.4. The second-order valence-corrected chi connectivity index (χ2v) is 16.9. The monoisotopic (exact) mass is 871 g/mol. The molecule has 4 nitrogen and oxygen atoms in total. The average molecular weight is 873 g/mol. The summed E-state index contributed by atoms with van der Waals surface area (Å²) in [5.41, 5.74) is 4.21. The third kappa shape index (κ3) is 52.9. The highest BCUT2D eigenvalue weighted by Gasteiger charge is 2.28. The average Bonchev–Trinajstić information content (AvgIpc) is 3.09. The number of hydrogen-bond acceptors (Lipinski definition) is 2. The predicted octanol–water partition coefficient (Wildman–Crippen LogP) is 8.35. The van der Waals surface area contributed by atoms with E-state index < -0.39 is 5.91 Å². The Morgan fingerprint density at radius 3 is 0.769 bits per heavy atom. The molecule has 0 aromatic carbocycles. The first-order chi connectivity index (χ1) is 24.2. The molecule has 0 fully saturated rings. The molecule has 0 aromatic rings. The van der Waals surface area contributed by atoms with Crippen molar-refractivity contribution in [3.63, 3.8) is 0 Å². The molecule has 0 saturated carbocycles. The summed E-state index contributed by atoms with van der Waals surface area (Å²) in [4.78, 5) is 0. The Hall–Kier alpha value is 0.800. The smallest absolute Gasteiger partial charge is 0.313 e. The van der Waals surface area contributed by atoms with Crippen molar-refractivity contribution < 1.29 is 53.7 Å². The van der Waals surface area contributed by atoms with Gasteiger partial charge < -0.3 is 53.7 Å². The van der Waals surface area contributed by atoms with Gasteiger partial charge in [0.1, 0.15) is 0 Å². The lowest BCUT2D eigenvalue weighted by Crippen LogP contribution is -3.00. The number of quaternary nitrogens is 2. The molecule has 0 atom stereocenters. The molecular formula is C46H100Br2N2O2. The van der Waals surface area contributed by atoms with E-state index in [1.807, 2.05) is 0 Å². The van der Waals surface area contributed by atoms with Crippen LogP contribution in [0.25, 0.3) is 0 Å². The van der Waals surface area contributed by atoms with Crippen LogP contribution in [-0.4, -0.2) is 51.3 Å². The van der Waals surface area contributed by atoms with Gasteiger partial charge in [0.15, 0.2) is 0 Å². The fraction of sp³-hybridized carbons (Fsp3) is 1.00. The van der Waals surface area contributed by atoms with Gasteiger partial charge in [-0.15, -0.1) is 0 Å². The maximum Gasteiger partial charge on any atom is 0.313 e. The highest BCUT2D eigenvalue weighted by atomic mass is 79.9. The van der Waals surface area contributed by atoms with E-state index in [-0.39, 0.29) is 34.0 Å². The summed E-state index contributed by atoms with van der Waals surface area (Å²) in [6.45, 7) is 11.9. The lowest BCUT2D eigenvalue weighted by molar-refractivity contribution is -0.870. The molecule has 0 aliphatic rings. The van der Waals surface area contributed by atoms with Crippen LogP contribution in [0.15, 0.2) is 0 Å². The zero-order valence-electron chi connectivity index (χ0n) is 37.1. The third-order valence-corrected chi connectivity index (χ3v) is 10.4. The Labute approximate surface area is 351 Å². The molecule has 320 valence electrons. The maximum absolute atomic E-state index is 6.01. The summed E-state index contributed by atoms with van der Waals surface area (Å²) in [6.07, 6.45) is 48.3. The van der Waals surface area contributed by atoms with E-state index in [4.69, 9.17) is 9.47 Å². The van der Waals surface area contributed by atoms with Gasteiger partial charge in [-0.1, -0.05) is 220 Å². The number of hydrogen-bond donors (Lipinski definition) is 1. The molecule has 6 heteroatoms. The molecule has 0 amide bonds. The second-order valence-electron chi connectivity index (χ2n) is 16.9. The Morgan fingerprint density at radius 2 is 0.558 bits per heavy atom. The first-order valence-electron chi connectivity index (χ1n) is 23.2. The molecule has 0 rings (SSSR count). The van der Waals surface area contributed by atoms with Gasteiger partial charge in [0.05, 0.1) is 47.3 Å². The van der Waals surface area contributed by atoms with E-state index in [0.717, 1.165) is 37.0 Å². The van der Waals surface area contributed by atoms with Gasteiger partial charge in [0.25, 0.3) is 0 Å². The molecule has 0 bridgehead atoms. The van der Waals surface area contributed by atoms with Crippen LogP contribution in [0.4, 0.5) is 0 Å². The van der Waals surface area contributed by atoms with Crippen LogP contribution in [0.5, 0.6) is 0 Å². The Kier molecular flexibility index (Phi) is 54.9. The lowest BCUT2D eigenvalue weighted by atomic mass is 10.0. The SMILES string of the molecule is CCCCCCCCCCCCCCCC[N+](C)(C)C.CCCCCCCCCCCCOC([NH3+])(CC)OCCCCCCCCCCCC.[Br-].[Br-]. The number of ether oxygens (including phenoxy) is 2. The van der Waals surface area contributed by atoms with Crippen molar-refractivity contribution in [2.24, 2.45) is 0 Å². The molecule has 0 heterocycles. The summed E-state index contributed by atoms with van der Waals surface area (Å²) in [5, 5.41) is 0. The summed E-state index contributed by atoms with van der Waals surface area (Å²) in [5.74, 6) is -0.626. The van der Waals surface area contributed by atoms with Gasteiger partial charge in [-0.3, -0.25) is 0 Å². The number of unbranched alkanes of at least 4 members (excludes halogenated alkanes) is 31. The number of nitrogens with zero attached hydrogens (tertiary/aromatic N) is 1. The fourth-order valence-electron chi connectivity index (χ4n) is 6.72. The fourth-order valence-corrected chi connectivity index (χ4v) is 6.72. The molecule has 0 aliphatic heterocycles. The standard InChI is InChI=1S/C27H57NO2.C19H42N.2BrH/c1-4-7-9-11-13-15-17-19-21-23-25-29-27(28,6-3)30-26-24-22-20-18-16-14-12-10-8-5-2;1-5-6-7-8-9-10-11-12-13-14-15-16-17-18-19-20(2,3)4;;/h4-26,28H2,1-3H3;5-19H2,1-4H3;2*1H/q;+1;;/p-1. The molecule has 52 heavy (non-hydrogen) atoms. The van der Waals surface area contributed by atoms with Crippen molar-refractivity contribution in [2.75, 3.05) is 40.9 Å². The zero-order chi connectivity index (χ0) is 37.3. The van der Waals surface area contributed by atoms with Crippen molar-refractivity contribution in [2.45, 2.75) is 258 Å². The van der Waals surface area contributed by atoms with Gasteiger partial charge in [-0.05, 0) is 25.7 Å². The normalized spacial score (nSPS) is 11.5. The van der Waals surface area contributed by atoms with Crippen LogP contribution in [0.1, 0.15) is 252 Å². The van der Waals surface area contributed by atoms with E-state index in [9.17, 15) is 0 Å². The summed E-state index contributed by atoms with van der Waals surface area (Å²) >= 11 is 0. The number of rotatable bonds is 40. The Morgan fingerprint density at radius 1 is 0.346 bits per heavy atom. The van der Waals surface area contributed by atoms with Crippen molar-refractivity contribution in [1.29, 1.82) is 0 Å². The van der Waals surface area contributed by atoms with Crippen LogP contribution in [0.2, 0.25) is 0 Å². The van der Waals surface area contributed by atoms with Crippen LogP contribution < -0.4 is 39.7 Å². The maximum atomic E-state index is 6.01. The molecule has 0 unspecified atom stereocenters. The van der Waals surface area contributed by atoms with Gasteiger partial charge >= 0.3 is 5.91 Å². The first kappa shape index (κ1) is 59.5. The van der Waals surface area contributed by atoms with Gasteiger partial charge in [0.2, 0.25) is 0 Å². The van der Waals surface area contributed by atoms with Crippen molar-refractivity contribution in [1.82, 2.24) is 0 Å². The largest absolute Gasteiger partial charge is 1.00 e. The molecule has 0 aliphatic carbocycles. The van der Waals surface area contributed by atoms with Crippen LogP contribution in [0, 0.1) is 0 Å². The van der Waals surface area contributed by atoms with E-state index in [1.54, 1.807) is 0 Å². The number of halogens is 2. The molecule has 0 radical (unpaired) electrons. The van der Waals surface area contributed by atoms with Gasteiger partial charge in [0, 0.05) is 0 Å². The minimum Gasteiger partial charge on any atom is -1.00 e. The van der Waals surface area contributed by atoms with E-state index >= 15 is 0 Å². The van der Waals surface area contributed by atoms with Crippen LogP contribution in [-0.2, 0) is 9.47 Å². The van der Waals surface area contributed by atoms with Crippen molar-refractivity contribution in [3.8, 4) is 0 Å². The highest BCUT2D eigenvalue weighted by Crippen LogP contribution is 2.16. The van der Waals surface area contributed by atoms with Crippen LogP contribution in [0.3, 0.4) is 0 Å². The van der Waals surface area contributed by atoms with E-state index in [2.05, 4.69) is 54.6 Å². The van der Waals surface area contributed by atoms with E-state index in [1.165, 1.54) is 212 Å². The van der Waals surface area contributed by atoms with Gasteiger partial charge in [-0.25, -0.2) is 0 Å². The first-order valence-corrected chi connectivity index (χ1v) is 23.2. The molecule has 0 saturated heterocycles. The Bertz CT molecular complexity index is 592. The minimum atomic E-state index is -0.626. The zero-order valence-corrected chi connectivity index (χ0v) is 40.3. The van der Waals surface area contributed by atoms with Crippen molar-refractivity contribution >= 4 is 0 Å². The highest BCUT2D eigenvalue weighted by molar-refractivity contribution is 4.53.